The van der Waals surface area contributed by atoms with Crippen molar-refractivity contribution in [1.82, 2.24) is 14.8 Å². The Morgan fingerprint density at radius 3 is 2.80 bits per heavy atom. The molecule has 106 valence electrons. The van der Waals surface area contributed by atoms with Crippen LogP contribution in [0, 0.1) is 0 Å². The molecule has 0 bridgehead atoms. The predicted molar refractivity (Wildman–Crippen MR) is 73.1 cm³/mol. The minimum absolute atomic E-state index is 0.208. The molecular formula is C14H17N3O3. The van der Waals surface area contributed by atoms with Crippen molar-refractivity contribution in [2.24, 2.45) is 0 Å². The summed E-state index contributed by atoms with van der Waals surface area (Å²) in [5.74, 6) is 1.81. The van der Waals surface area contributed by atoms with Gasteiger partial charge < -0.3 is 9.47 Å². The highest BCUT2D eigenvalue weighted by molar-refractivity contribution is 5.76. The number of benzene rings is 1. The van der Waals surface area contributed by atoms with Crippen LogP contribution in [0.1, 0.15) is 36.1 Å². The van der Waals surface area contributed by atoms with E-state index in [0.717, 1.165) is 12.1 Å². The van der Waals surface area contributed by atoms with Crippen LogP contribution in [0.15, 0.2) is 24.5 Å². The Morgan fingerprint density at radius 1 is 1.35 bits per heavy atom. The van der Waals surface area contributed by atoms with Crippen LogP contribution in [0.5, 0.6) is 11.5 Å². The predicted octanol–water partition coefficient (Wildman–Crippen LogP) is 2.26. The maximum absolute atomic E-state index is 10.8. The second-order valence-corrected chi connectivity index (χ2v) is 4.53. The van der Waals surface area contributed by atoms with Crippen molar-refractivity contribution in [1.29, 1.82) is 0 Å². The van der Waals surface area contributed by atoms with E-state index in [1.54, 1.807) is 30.0 Å². The summed E-state index contributed by atoms with van der Waals surface area (Å²) in [6.07, 6.45) is 2.26. The van der Waals surface area contributed by atoms with Crippen molar-refractivity contribution in [3.8, 4) is 11.5 Å². The van der Waals surface area contributed by atoms with Gasteiger partial charge in [0.15, 0.2) is 17.3 Å². The molecule has 0 aliphatic heterocycles. The van der Waals surface area contributed by atoms with E-state index < -0.39 is 0 Å². The van der Waals surface area contributed by atoms with Crippen LogP contribution in [0.25, 0.3) is 0 Å². The molecule has 0 saturated carbocycles. The normalized spacial score (nSPS) is 10.6. The summed E-state index contributed by atoms with van der Waals surface area (Å²) in [6.45, 7) is 4.30. The number of nitrogens with zero attached hydrogens (tertiary/aromatic N) is 3. The first-order valence-corrected chi connectivity index (χ1v) is 6.30. The van der Waals surface area contributed by atoms with Crippen molar-refractivity contribution >= 4 is 6.29 Å². The van der Waals surface area contributed by atoms with Gasteiger partial charge in [-0.25, -0.2) is 9.67 Å². The third kappa shape index (κ3) is 2.96. The van der Waals surface area contributed by atoms with E-state index in [-0.39, 0.29) is 12.6 Å². The molecule has 1 aromatic heterocycles. The third-order valence-corrected chi connectivity index (χ3v) is 2.82. The van der Waals surface area contributed by atoms with E-state index >= 15 is 0 Å². The Hall–Kier alpha value is -2.37. The molecule has 6 nitrogen and oxygen atoms in total. The molecule has 0 fully saturated rings. The van der Waals surface area contributed by atoms with Gasteiger partial charge in [-0.15, -0.1) is 0 Å². The quantitative estimate of drug-likeness (QED) is 0.756. The first-order valence-electron chi connectivity index (χ1n) is 6.30. The first kappa shape index (κ1) is 14.0. The molecule has 0 unspecified atom stereocenters. The summed E-state index contributed by atoms with van der Waals surface area (Å²) in [5.41, 5.74) is 0.533. The minimum Gasteiger partial charge on any atom is -0.493 e. The summed E-state index contributed by atoms with van der Waals surface area (Å²) < 4.78 is 12.7. The van der Waals surface area contributed by atoms with Gasteiger partial charge in [-0.1, -0.05) is 0 Å². The van der Waals surface area contributed by atoms with Gasteiger partial charge in [0.2, 0.25) is 0 Å². The zero-order chi connectivity index (χ0) is 14.5. The van der Waals surface area contributed by atoms with E-state index in [1.165, 1.54) is 6.33 Å². The smallest absolute Gasteiger partial charge is 0.165 e. The molecule has 0 aliphatic rings. The number of ether oxygens (including phenoxy) is 2. The topological polar surface area (TPSA) is 66.2 Å². The fourth-order valence-corrected chi connectivity index (χ4v) is 1.83. The average Bonchev–Trinajstić information content (AvgIpc) is 2.93. The van der Waals surface area contributed by atoms with Crippen molar-refractivity contribution in [2.75, 3.05) is 7.11 Å². The van der Waals surface area contributed by atoms with Gasteiger partial charge in [-0.05, 0) is 32.0 Å². The maximum Gasteiger partial charge on any atom is 0.165 e. The summed E-state index contributed by atoms with van der Waals surface area (Å²) in [4.78, 5) is 15.0. The van der Waals surface area contributed by atoms with Gasteiger partial charge >= 0.3 is 0 Å². The van der Waals surface area contributed by atoms with Crippen LogP contribution in [0.2, 0.25) is 0 Å². The van der Waals surface area contributed by atoms with Crippen LogP contribution in [-0.4, -0.2) is 28.2 Å². The number of methoxy groups -OCH3 is 1. The SMILES string of the molecule is COc1ccc(C=O)cc1OCc1ncnn1C(C)C. The van der Waals surface area contributed by atoms with Gasteiger partial charge in [-0.2, -0.15) is 5.10 Å². The molecular weight excluding hydrogens is 258 g/mol. The zero-order valence-corrected chi connectivity index (χ0v) is 11.7. The molecule has 0 spiro atoms. The van der Waals surface area contributed by atoms with E-state index in [2.05, 4.69) is 10.1 Å². The number of hydrogen-bond acceptors (Lipinski definition) is 5. The summed E-state index contributed by atoms with van der Waals surface area (Å²) in [7, 11) is 1.55. The molecule has 20 heavy (non-hydrogen) atoms. The van der Waals surface area contributed by atoms with Crippen molar-refractivity contribution in [3.05, 3.63) is 35.9 Å². The number of carbonyl (C=O) groups excluding carboxylic acids is 1. The monoisotopic (exact) mass is 275 g/mol. The van der Waals surface area contributed by atoms with E-state index in [4.69, 9.17) is 9.47 Å². The molecule has 2 aromatic rings. The van der Waals surface area contributed by atoms with Gasteiger partial charge in [0.05, 0.1) is 7.11 Å². The zero-order valence-electron chi connectivity index (χ0n) is 11.7. The van der Waals surface area contributed by atoms with E-state index in [1.807, 2.05) is 13.8 Å². The lowest BCUT2D eigenvalue weighted by atomic mass is 10.2. The lowest BCUT2D eigenvalue weighted by Crippen LogP contribution is -2.11. The van der Waals surface area contributed by atoms with Gasteiger partial charge in [0.1, 0.15) is 19.2 Å². The standard InChI is InChI=1S/C14H17N3O3/c1-10(2)17-14(15-9-16-17)8-20-13-6-11(7-18)4-5-12(13)19-3/h4-7,9-10H,8H2,1-3H3. The van der Waals surface area contributed by atoms with Crippen molar-refractivity contribution in [2.45, 2.75) is 26.5 Å². The van der Waals surface area contributed by atoms with Crippen LogP contribution in [-0.2, 0) is 6.61 Å². The maximum atomic E-state index is 10.8. The third-order valence-electron chi connectivity index (χ3n) is 2.82. The number of carbonyl (C=O) groups is 1. The molecule has 6 heteroatoms. The Labute approximate surface area is 117 Å². The Bertz CT molecular complexity index is 593. The molecule has 1 aromatic carbocycles. The first-order chi connectivity index (χ1) is 9.65. The summed E-state index contributed by atoms with van der Waals surface area (Å²) in [5, 5.41) is 4.14. The van der Waals surface area contributed by atoms with Crippen LogP contribution in [0.4, 0.5) is 0 Å². The molecule has 1 heterocycles. The highest BCUT2D eigenvalue weighted by atomic mass is 16.5. The lowest BCUT2D eigenvalue weighted by molar-refractivity contribution is 0.112. The molecule has 0 amide bonds. The van der Waals surface area contributed by atoms with Crippen molar-refractivity contribution < 1.29 is 14.3 Å². The number of hydrogen-bond donors (Lipinski definition) is 0. The van der Waals surface area contributed by atoms with Crippen LogP contribution >= 0.6 is 0 Å². The number of aldehydes is 1. The highest BCUT2D eigenvalue weighted by Gasteiger charge is 2.11. The number of aromatic nitrogens is 3. The molecule has 0 atom stereocenters. The van der Waals surface area contributed by atoms with Crippen LogP contribution in [0.3, 0.4) is 0 Å². The molecule has 0 saturated heterocycles. The van der Waals surface area contributed by atoms with Crippen LogP contribution < -0.4 is 9.47 Å². The molecule has 0 N–H and O–H groups in total. The van der Waals surface area contributed by atoms with Gasteiger partial charge in [0, 0.05) is 11.6 Å². The Kier molecular flexibility index (Phi) is 4.34. The second kappa shape index (κ2) is 6.18. The number of rotatable bonds is 6. The molecule has 0 aliphatic carbocycles. The minimum atomic E-state index is 0.208. The second-order valence-electron chi connectivity index (χ2n) is 4.53. The lowest BCUT2D eigenvalue weighted by Gasteiger charge is -2.12. The largest absolute Gasteiger partial charge is 0.493 e. The molecule has 2 rings (SSSR count). The highest BCUT2D eigenvalue weighted by Crippen LogP contribution is 2.28. The Morgan fingerprint density at radius 2 is 2.15 bits per heavy atom. The fraction of sp³-hybridized carbons (Fsp3) is 0.357. The average molecular weight is 275 g/mol. The van der Waals surface area contributed by atoms with Crippen molar-refractivity contribution in [3.63, 3.8) is 0 Å². The fourth-order valence-electron chi connectivity index (χ4n) is 1.83. The summed E-state index contributed by atoms with van der Waals surface area (Å²) >= 11 is 0. The van der Waals surface area contributed by atoms with Gasteiger partial charge in [0.25, 0.3) is 0 Å². The van der Waals surface area contributed by atoms with Gasteiger partial charge in [-0.3, -0.25) is 4.79 Å². The van der Waals surface area contributed by atoms with E-state index in [0.29, 0.717) is 17.1 Å². The summed E-state index contributed by atoms with van der Waals surface area (Å²) in [6, 6.07) is 5.23. The molecule has 0 radical (unpaired) electrons. The van der Waals surface area contributed by atoms with E-state index in [9.17, 15) is 4.79 Å². The Balaban J connectivity index is 2.17.